The average molecular weight is 509 g/mol. The van der Waals surface area contributed by atoms with Gasteiger partial charge in [0.05, 0.1) is 17.5 Å². The first-order valence-corrected chi connectivity index (χ1v) is 12.2. The number of hydrogen-bond donors (Lipinski definition) is 0. The first-order valence-electron chi connectivity index (χ1n) is 11.8. The number of hydrogen-bond acceptors (Lipinski definition) is 5. The van der Waals surface area contributed by atoms with Gasteiger partial charge in [-0.05, 0) is 57.4 Å². The largest absolute Gasteiger partial charge is 0.467 e. The molecule has 0 spiro atoms. The number of carbonyl (C=O) groups is 2. The number of fused-ring (bicyclic) bond motifs is 2. The van der Waals surface area contributed by atoms with Gasteiger partial charge in [-0.3, -0.25) is 4.79 Å². The Morgan fingerprint density at radius 1 is 0.919 bits per heavy atom. The summed E-state index contributed by atoms with van der Waals surface area (Å²) in [5.41, 5.74) is 2.02. The molecule has 1 aliphatic rings. The van der Waals surface area contributed by atoms with Crippen molar-refractivity contribution in [1.29, 1.82) is 0 Å². The summed E-state index contributed by atoms with van der Waals surface area (Å²) in [6, 6.07) is 27.7. The molecule has 1 aromatic heterocycles. The van der Waals surface area contributed by atoms with Crippen LogP contribution < -0.4 is 0 Å². The Balaban J connectivity index is 1.28. The predicted octanol–water partition coefficient (Wildman–Crippen LogP) is 6.77. The quantitative estimate of drug-likeness (QED) is 0.194. The number of nitrogens with zero attached hydrogens (tertiary/aromatic N) is 2. The van der Waals surface area contributed by atoms with Gasteiger partial charge in [0.2, 0.25) is 0 Å². The highest BCUT2D eigenvalue weighted by Gasteiger charge is 2.35. The molecule has 5 aromatic rings. The van der Waals surface area contributed by atoms with Gasteiger partial charge in [0, 0.05) is 11.4 Å². The highest BCUT2D eigenvalue weighted by atomic mass is 35.5. The van der Waals surface area contributed by atoms with Crippen LogP contribution in [0.15, 0.2) is 107 Å². The summed E-state index contributed by atoms with van der Waals surface area (Å²) in [6.07, 6.45) is 2.02. The Hall–Kier alpha value is -4.42. The molecule has 0 saturated heterocycles. The van der Waals surface area contributed by atoms with Gasteiger partial charge < -0.3 is 9.15 Å². The summed E-state index contributed by atoms with van der Waals surface area (Å²) in [4.78, 5) is 26.7. The van der Waals surface area contributed by atoms with Crippen molar-refractivity contribution in [3.63, 3.8) is 0 Å². The normalized spacial score (nSPS) is 15.2. The maximum Gasteiger partial charge on any atom is 0.339 e. The second kappa shape index (κ2) is 9.56. The van der Waals surface area contributed by atoms with Crippen molar-refractivity contribution >= 4 is 50.7 Å². The molecular formula is C30H21ClN2O4. The fraction of sp³-hybridized carbons (Fsp3) is 0.100. The molecule has 182 valence electrons. The Morgan fingerprint density at radius 2 is 1.59 bits per heavy atom. The molecule has 0 radical (unpaired) electrons. The van der Waals surface area contributed by atoms with E-state index in [1.54, 1.807) is 30.5 Å². The van der Waals surface area contributed by atoms with E-state index in [0.717, 1.165) is 32.8 Å². The van der Waals surface area contributed by atoms with E-state index in [9.17, 15) is 9.59 Å². The van der Waals surface area contributed by atoms with E-state index in [1.807, 2.05) is 66.7 Å². The molecule has 6 nitrogen and oxygen atoms in total. The van der Waals surface area contributed by atoms with Crippen LogP contribution >= 0.6 is 11.6 Å². The van der Waals surface area contributed by atoms with Gasteiger partial charge in [-0.15, -0.1) is 0 Å². The zero-order chi connectivity index (χ0) is 25.4. The van der Waals surface area contributed by atoms with Crippen LogP contribution in [0.2, 0.25) is 5.02 Å². The van der Waals surface area contributed by atoms with Crippen LogP contribution in [0.3, 0.4) is 0 Å². The number of furan rings is 1. The van der Waals surface area contributed by atoms with Crippen molar-refractivity contribution in [2.45, 2.75) is 12.5 Å². The topological polar surface area (TPSA) is 72.1 Å². The maximum absolute atomic E-state index is 13.4. The van der Waals surface area contributed by atoms with Crippen molar-refractivity contribution in [3.05, 3.63) is 119 Å². The maximum atomic E-state index is 13.4. The summed E-state index contributed by atoms with van der Waals surface area (Å²) in [5, 5.41) is 9.94. The van der Waals surface area contributed by atoms with Crippen LogP contribution in [0.25, 0.3) is 21.5 Å². The molecule has 0 fully saturated rings. The molecule has 37 heavy (non-hydrogen) atoms. The number of benzene rings is 4. The van der Waals surface area contributed by atoms with Crippen LogP contribution in [0.1, 0.15) is 34.1 Å². The van der Waals surface area contributed by atoms with Gasteiger partial charge in [0.1, 0.15) is 11.8 Å². The monoisotopic (exact) mass is 508 g/mol. The van der Waals surface area contributed by atoms with Gasteiger partial charge in [-0.25, -0.2) is 9.80 Å². The number of esters is 1. The number of carbonyl (C=O) groups excluding carboxylic acids is 2. The lowest BCUT2D eigenvalue weighted by atomic mass is 9.97. The smallest absolute Gasteiger partial charge is 0.339 e. The summed E-state index contributed by atoms with van der Waals surface area (Å²) in [6.45, 7) is -0.453. The van der Waals surface area contributed by atoms with Gasteiger partial charge in [0.25, 0.3) is 5.91 Å². The van der Waals surface area contributed by atoms with E-state index >= 15 is 0 Å². The van der Waals surface area contributed by atoms with Crippen molar-refractivity contribution < 1.29 is 18.7 Å². The highest BCUT2D eigenvalue weighted by Crippen LogP contribution is 2.34. The van der Waals surface area contributed by atoms with Crippen molar-refractivity contribution in [3.8, 4) is 0 Å². The molecule has 0 aliphatic carbocycles. The molecule has 7 heteroatoms. The molecule has 1 atom stereocenters. The molecule has 1 amide bonds. The van der Waals surface area contributed by atoms with Crippen LogP contribution in [0.5, 0.6) is 0 Å². The molecule has 1 aliphatic heterocycles. The zero-order valence-corrected chi connectivity index (χ0v) is 20.4. The van der Waals surface area contributed by atoms with Crippen LogP contribution in [-0.2, 0) is 9.53 Å². The summed E-state index contributed by atoms with van der Waals surface area (Å²) >= 11 is 6.03. The molecule has 0 bridgehead atoms. The third kappa shape index (κ3) is 4.36. The second-order valence-corrected chi connectivity index (χ2v) is 9.23. The summed E-state index contributed by atoms with van der Waals surface area (Å²) in [5.74, 6) is -0.396. The van der Waals surface area contributed by atoms with Crippen molar-refractivity contribution in [1.82, 2.24) is 5.01 Å². The van der Waals surface area contributed by atoms with Crippen molar-refractivity contribution in [2.75, 3.05) is 6.61 Å². The third-order valence-electron chi connectivity index (χ3n) is 6.52. The van der Waals surface area contributed by atoms with Crippen molar-refractivity contribution in [2.24, 2.45) is 5.10 Å². The molecule has 0 saturated carbocycles. The van der Waals surface area contributed by atoms with E-state index in [0.29, 0.717) is 22.8 Å². The number of halogens is 1. The fourth-order valence-electron chi connectivity index (χ4n) is 4.76. The van der Waals surface area contributed by atoms with Gasteiger partial charge in [0.15, 0.2) is 6.61 Å². The zero-order valence-electron chi connectivity index (χ0n) is 19.6. The minimum absolute atomic E-state index is 0.440. The number of rotatable bonds is 5. The molecular weight excluding hydrogens is 488 g/mol. The van der Waals surface area contributed by atoms with Gasteiger partial charge in [-0.1, -0.05) is 72.3 Å². The Morgan fingerprint density at radius 3 is 2.24 bits per heavy atom. The van der Waals surface area contributed by atoms with Gasteiger partial charge >= 0.3 is 5.97 Å². The van der Waals surface area contributed by atoms with Gasteiger partial charge in [-0.2, -0.15) is 5.10 Å². The van der Waals surface area contributed by atoms with E-state index in [4.69, 9.17) is 20.8 Å². The first-order chi connectivity index (χ1) is 18.1. The van der Waals surface area contributed by atoms with E-state index in [-0.39, 0.29) is 0 Å². The number of hydrazone groups is 1. The molecule has 6 rings (SSSR count). The lowest BCUT2D eigenvalue weighted by Gasteiger charge is -2.20. The number of amides is 1. The van der Waals surface area contributed by atoms with Crippen LogP contribution in [-0.4, -0.2) is 29.2 Å². The Kier molecular flexibility index (Phi) is 5.94. The fourth-order valence-corrected chi connectivity index (χ4v) is 4.88. The molecule has 0 unspecified atom stereocenters. The standard InChI is InChI=1S/C30H21ClN2O4/c31-22-13-11-19(12-14-22)25-17-26(27-10-5-15-36-27)33(32-25)28(34)18-37-30(35)29-23-8-3-1-6-20(23)16-21-7-2-4-9-24(21)29/h1-16,26H,17-18H2/t26-/m1/s1. The Bertz CT molecular complexity index is 1600. The third-order valence-corrected chi connectivity index (χ3v) is 6.77. The summed E-state index contributed by atoms with van der Waals surface area (Å²) < 4.78 is 11.2. The predicted molar refractivity (Wildman–Crippen MR) is 143 cm³/mol. The Labute approximate surface area is 217 Å². The minimum atomic E-state index is -0.558. The van der Waals surface area contributed by atoms with E-state index in [2.05, 4.69) is 5.10 Å². The molecule has 0 N–H and O–H groups in total. The van der Waals surface area contributed by atoms with Crippen LogP contribution in [0, 0.1) is 0 Å². The van der Waals surface area contributed by atoms with E-state index < -0.39 is 24.5 Å². The molecule has 4 aromatic carbocycles. The van der Waals surface area contributed by atoms with Crippen LogP contribution in [0.4, 0.5) is 0 Å². The lowest BCUT2D eigenvalue weighted by Crippen LogP contribution is -2.31. The minimum Gasteiger partial charge on any atom is -0.467 e. The SMILES string of the molecule is O=C(OCC(=O)N1N=C(c2ccc(Cl)cc2)C[C@@H]1c1ccco1)c1c2ccccc2cc2ccccc12. The van der Waals surface area contributed by atoms with E-state index in [1.165, 1.54) is 5.01 Å². The molecule has 2 heterocycles. The summed E-state index contributed by atoms with van der Waals surface area (Å²) in [7, 11) is 0. The lowest BCUT2D eigenvalue weighted by molar-refractivity contribution is -0.136. The average Bonchev–Trinajstić information content (AvgIpc) is 3.61. The highest BCUT2D eigenvalue weighted by molar-refractivity contribution is 6.30. The number of ether oxygens (including phenoxy) is 1. The first kappa shape index (κ1) is 23.0. The second-order valence-electron chi connectivity index (χ2n) is 8.80.